The molecule has 0 unspecified atom stereocenters. The van der Waals surface area contributed by atoms with E-state index in [9.17, 15) is 0 Å². The summed E-state index contributed by atoms with van der Waals surface area (Å²) in [6, 6.07) is 0. The van der Waals surface area contributed by atoms with Crippen LogP contribution in [0, 0.1) is 0 Å². The van der Waals surface area contributed by atoms with Crippen LogP contribution in [-0.4, -0.2) is 411 Å². The maximum atomic E-state index is 6.95. The van der Waals surface area contributed by atoms with Crippen LogP contribution in [0.4, 0.5) is 0 Å². The number of rotatable bonds is 27. The summed E-state index contributed by atoms with van der Waals surface area (Å²) in [6.07, 6.45) is -33.7. The summed E-state index contributed by atoms with van der Waals surface area (Å²) in [6.45, 7) is 0. The van der Waals surface area contributed by atoms with Crippen LogP contribution in [0.3, 0.4) is 0 Å². The summed E-state index contributed by atoms with van der Waals surface area (Å²) in [4.78, 5) is 0. The lowest BCUT2D eigenvalue weighted by atomic mass is 8.23. The van der Waals surface area contributed by atoms with Gasteiger partial charge in [0.1, 0.15) is 0 Å². The van der Waals surface area contributed by atoms with Gasteiger partial charge in [-0.05, 0) is 383 Å². The van der Waals surface area contributed by atoms with E-state index in [1.54, 1.807) is 0 Å². The summed E-state index contributed by atoms with van der Waals surface area (Å²) < 4.78 is 0. The minimum absolute atomic E-state index is 0.0933. The number of hydrogen-bond acceptors (Lipinski definition) is 0. The molecule has 0 heterocycles. The van der Waals surface area contributed by atoms with E-state index in [1.165, 1.54) is 0 Å². The van der Waals surface area contributed by atoms with Gasteiger partial charge in [0.15, 0.2) is 0 Å². The first kappa shape index (κ1) is 61.8. The van der Waals surface area contributed by atoms with Gasteiger partial charge in [0.2, 0.25) is 0 Å². The van der Waals surface area contributed by atoms with Crippen molar-refractivity contribution in [2.45, 2.75) is 0 Å². The minimum Gasteiger partial charge on any atom is -0.262 e. The van der Waals surface area contributed by atoms with Crippen molar-refractivity contribution in [3.8, 4) is 0 Å². The Morgan fingerprint density at radius 3 is 0.345 bits per heavy atom. The first-order chi connectivity index (χ1) is 26.3. The van der Waals surface area contributed by atoms with Gasteiger partial charge >= 0.3 is 0 Å². The van der Waals surface area contributed by atoms with Crippen molar-refractivity contribution in [2.75, 3.05) is 0 Å². The Kier molecular flexibility index (Phi) is 30.0. The zero-order chi connectivity index (χ0) is 46.2. The second kappa shape index (κ2) is 28.2. The second-order valence-corrected chi connectivity index (χ2v) is 15.6. The average molecular weight is 633 g/mol. The van der Waals surface area contributed by atoms with Gasteiger partial charge in [-0.1, -0.05) is 6.39 Å². The SMILES string of the molecule is [B]B([B])B(B([B])[B])B(B(B([B])[B])B([B])[B])B(B(B([B])[B])B(B([B])[B])B([BH3-])[BH3-])B(B(B(B([B])[B])B([B])[B])B(B([B])[B])B([B])[B])B(B(B([B])[B])B([B])[B])B(B([B])[B])B([B])[B]. The molecule has 0 aliphatic heterocycles. The molecule has 58 heteroatoms. The van der Waals surface area contributed by atoms with Crippen molar-refractivity contribution in [3.63, 3.8) is 0 Å². The van der Waals surface area contributed by atoms with E-state index >= 15 is 0 Å². The fraction of sp³-hybridized carbons (Fsp3) is 0. The zero-order valence-electron chi connectivity index (χ0n) is 32.3. The molecule has 0 atom stereocenters. The van der Waals surface area contributed by atoms with Gasteiger partial charge in [0.25, 0.3) is 0 Å². The predicted octanol–water partition coefficient (Wildman–Crippen LogP) is -23.7. The predicted molar refractivity (Wildman–Crippen MR) is 342 cm³/mol. The van der Waals surface area contributed by atoms with Crippen LogP contribution in [0.15, 0.2) is 0 Å². The molecule has 0 spiro atoms. The molecular weight excluding hydrogens is 627 g/mol. The molecule has 0 amide bonds. The maximum Gasteiger partial charge on any atom is -0.000000000000000141 e. The number of hydrogen-bond donors (Lipinski definition) is 0. The lowest BCUT2D eigenvalue weighted by molar-refractivity contribution is 3.17. The molecule has 0 aromatic carbocycles. The highest BCUT2D eigenvalue weighted by atomic mass is 13.4. The Morgan fingerprint density at radius 1 is 0.138 bits per heavy atom. The molecule has 0 aromatic heterocycles. The Balaban J connectivity index is 10.4. The third-order valence-electron chi connectivity index (χ3n) is 11.6. The Morgan fingerprint density at radius 2 is 0.241 bits per heavy atom. The monoisotopic (exact) mass is 645 g/mol. The molecule has 0 saturated carbocycles. The summed E-state index contributed by atoms with van der Waals surface area (Å²) >= 11 is 0. The summed E-state index contributed by atoms with van der Waals surface area (Å²) in [5.41, 5.74) is 0. The molecule has 0 saturated heterocycles. The fourth-order valence-electron chi connectivity index (χ4n) is 9.49. The van der Waals surface area contributed by atoms with Gasteiger partial charge in [-0.3, -0.25) is 6.39 Å². The summed E-state index contributed by atoms with van der Waals surface area (Å²) in [5.74, 6) is 0. The molecule has 0 aliphatic carbocycles. The largest absolute Gasteiger partial charge is 0.262 e. The van der Waals surface area contributed by atoms with Crippen molar-refractivity contribution in [3.05, 3.63) is 0 Å². The second-order valence-electron chi connectivity index (χ2n) is 15.6. The normalized spacial score (nSPS) is 9.76. The molecule has 0 aromatic rings. The molecule has 0 nitrogen and oxygen atoms in total. The minimum atomic E-state index is -1.37. The highest BCUT2D eigenvalue weighted by molar-refractivity contribution is 8.37. The van der Waals surface area contributed by atoms with Crippen molar-refractivity contribution in [1.29, 1.82) is 0 Å². The van der Waals surface area contributed by atoms with Gasteiger partial charge < -0.3 is 0 Å². The van der Waals surface area contributed by atoms with Gasteiger partial charge in [0.05, 0.1) is 0 Å². The van der Waals surface area contributed by atoms with Crippen molar-refractivity contribution in [2.24, 2.45) is 0 Å². The van der Waals surface area contributed by atoms with Crippen molar-refractivity contribution in [1.82, 2.24) is 0 Å². The van der Waals surface area contributed by atoms with Crippen molar-refractivity contribution >= 4 is 411 Å². The van der Waals surface area contributed by atoms with Gasteiger partial charge in [-0.15, -0.1) is 15.5 Å². The Bertz CT molecular complexity index is 884. The maximum absolute atomic E-state index is 6.95. The van der Waals surface area contributed by atoms with E-state index in [0.717, 1.165) is 0 Å². The lowest BCUT2D eigenvalue weighted by Gasteiger charge is -2.59. The topological polar surface area (TPSA) is 0 Å². The zero-order valence-corrected chi connectivity index (χ0v) is 32.3. The van der Waals surface area contributed by atoms with Crippen LogP contribution in [0.25, 0.3) is 0 Å². The van der Waals surface area contributed by atoms with Gasteiger partial charge in [0, 0.05) is 0 Å². The lowest BCUT2D eigenvalue weighted by Crippen LogP contribution is -2.96. The standard InChI is InChI=1S/B58H6/c1-31(2)46(32(3)4)53(45(29)30)57(54(47(33(5)6)34(7)8)48(35(9)10)36(11)12)58(55(49(37(13)14)38(15)16)50(39(17)18)40(19)20)56(51(41(21)22)42(23)24)52(43(25)26)44(27)28/h1-2H3/q-2. The highest BCUT2D eigenvalue weighted by Crippen LogP contribution is 2.24. The van der Waals surface area contributed by atoms with Gasteiger partial charge in [-0.25, -0.2) is 0 Å². The third kappa shape index (κ3) is 16.5. The molecule has 58 heavy (non-hydrogen) atoms. The highest BCUT2D eigenvalue weighted by Gasteiger charge is 2.61. The van der Waals surface area contributed by atoms with Crippen LogP contribution in [0.2, 0.25) is 0 Å². The molecule has 0 aliphatic rings. The van der Waals surface area contributed by atoms with Crippen LogP contribution in [-0.2, 0) is 0 Å². The molecule has 0 N–H and O–H groups in total. The third-order valence-corrected chi connectivity index (χ3v) is 11.6. The molecule has 56 radical (unpaired) electrons. The van der Waals surface area contributed by atoms with E-state index in [2.05, 4.69) is 0 Å². The van der Waals surface area contributed by atoms with E-state index in [0.29, 0.717) is 0 Å². The first-order valence-electron chi connectivity index (χ1n) is 18.3. The van der Waals surface area contributed by atoms with E-state index in [1.807, 2.05) is 0 Å². The molecular formula is H6B58-2. The van der Waals surface area contributed by atoms with Crippen molar-refractivity contribution < 1.29 is 0 Å². The van der Waals surface area contributed by atoms with Crippen LogP contribution < -0.4 is 0 Å². The van der Waals surface area contributed by atoms with E-state index in [4.69, 9.17) is 217 Å². The Hall–Kier alpha value is 3.77. The quantitative estimate of drug-likeness (QED) is 0.0790. The smallest absolute Gasteiger partial charge is 0.000000000000000141 e. The van der Waals surface area contributed by atoms with Crippen LogP contribution in [0.5, 0.6) is 0 Å². The molecule has 0 rings (SSSR count). The Labute approximate surface area is 407 Å². The van der Waals surface area contributed by atoms with Gasteiger partial charge in [-0.2, -0.15) is 0 Å². The summed E-state index contributed by atoms with van der Waals surface area (Å²) in [5, 5.41) is 0. The average Bonchev–Trinajstić information content (AvgIpc) is 2.99. The van der Waals surface area contributed by atoms with Crippen LogP contribution in [0.1, 0.15) is 0 Å². The summed E-state index contributed by atoms with van der Waals surface area (Å²) in [7, 11) is 185. The van der Waals surface area contributed by atoms with E-state index in [-0.39, 0.29) is 6.39 Å². The van der Waals surface area contributed by atoms with E-state index < -0.39 is 188 Å². The molecule has 0 bridgehead atoms. The molecule has 182 valence electrons. The fourth-order valence-corrected chi connectivity index (χ4v) is 9.49. The molecule has 0 fully saturated rings. The first-order valence-corrected chi connectivity index (χ1v) is 18.3. The van der Waals surface area contributed by atoms with Crippen LogP contribution >= 0.6 is 0 Å².